The molecule has 1 fully saturated rings. The van der Waals surface area contributed by atoms with Crippen molar-refractivity contribution in [2.24, 2.45) is 0 Å². The number of aromatic hydroxyl groups is 1. The molecule has 0 aliphatic carbocycles. The average Bonchev–Trinajstić information content (AvgIpc) is 2.69. The van der Waals surface area contributed by atoms with Gasteiger partial charge in [0.2, 0.25) is 0 Å². The molecule has 5 heteroatoms. The summed E-state index contributed by atoms with van der Waals surface area (Å²) in [4.78, 5) is 0. The molecule has 1 atom stereocenters. The molecule has 1 aromatic carbocycles. The fourth-order valence-electron chi connectivity index (χ4n) is 1.99. The predicted molar refractivity (Wildman–Crippen MR) is 53.3 cm³/mol. The predicted octanol–water partition coefficient (Wildman–Crippen LogP) is 2.49. The van der Waals surface area contributed by atoms with Gasteiger partial charge in [0.25, 0.3) is 0 Å². The first-order chi connectivity index (χ1) is 7.48. The first kappa shape index (κ1) is 11.3. The van der Waals surface area contributed by atoms with Crippen LogP contribution >= 0.6 is 0 Å². The molecule has 16 heavy (non-hydrogen) atoms. The Morgan fingerprint density at radius 2 is 2.06 bits per heavy atom. The molecular weight excluding hydrogens is 219 g/mol. The van der Waals surface area contributed by atoms with Gasteiger partial charge in [0.05, 0.1) is 5.56 Å². The Balaban J connectivity index is 2.29. The second-order valence-corrected chi connectivity index (χ2v) is 3.96. The minimum atomic E-state index is -4.40. The van der Waals surface area contributed by atoms with Crippen LogP contribution in [0.1, 0.15) is 23.5 Å². The van der Waals surface area contributed by atoms with Crippen LogP contribution in [0.3, 0.4) is 0 Å². The standard InChI is InChI=1S/C11H12F3NO/c12-11(13,14)8-1-2-9(10(16)5-8)7-3-4-15-6-7/h1-2,5,7,15-16H,3-4,6H2. The molecule has 1 heterocycles. The summed E-state index contributed by atoms with van der Waals surface area (Å²) in [6.45, 7) is 1.55. The van der Waals surface area contributed by atoms with Crippen molar-refractivity contribution in [3.63, 3.8) is 0 Å². The lowest BCUT2D eigenvalue weighted by Gasteiger charge is -2.13. The van der Waals surface area contributed by atoms with Gasteiger partial charge >= 0.3 is 6.18 Å². The third kappa shape index (κ3) is 2.14. The lowest BCUT2D eigenvalue weighted by molar-refractivity contribution is -0.137. The lowest BCUT2D eigenvalue weighted by atomic mass is 9.96. The highest BCUT2D eigenvalue weighted by Gasteiger charge is 2.31. The number of hydrogen-bond acceptors (Lipinski definition) is 2. The van der Waals surface area contributed by atoms with Crippen LogP contribution in [0.15, 0.2) is 18.2 Å². The smallest absolute Gasteiger partial charge is 0.416 e. The number of alkyl halides is 3. The SMILES string of the molecule is Oc1cc(C(F)(F)F)ccc1C1CCNC1. The summed E-state index contributed by atoms with van der Waals surface area (Å²) in [5, 5.41) is 12.7. The summed E-state index contributed by atoms with van der Waals surface area (Å²) in [6.07, 6.45) is -3.55. The average molecular weight is 231 g/mol. The van der Waals surface area contributed by atoms with E-state index in [9.17, 15) is 18.3 Å². The van der Waals surface area contributed by atoms with Crippen LogP contribution in [0.25, 0.3) is 0 Å². The fourth-order valence-corrected chi connectivity index (χ4v) is 1.99. The van der Waals surface area contributed by atoms with Gasteiger partial charge in [-0.25, -0.2) is 0 Å². The van der Waals surface area contributed by atoms with E-state index in [2.05, 4.69) is 5.32 Å². The highest BCUT2D eigenvalue weighted by atomic mass is 19.4. The van der Waals surface area contributed by atoms with E-state index in [0.717, 1.165) is 25.1 Å². The Bertz CT molecular complexity index is 383. The number of halogens is 3. The Labute approximate surface area is 91.1 Å². The zero-order valence-electron chi connectivity index (χ0n) is 8.51. The first-order valence-corrected chi connectivity index (χ1v) is 5.09. The number of rotatable bonds is 1. The molecule has 1 aromatic rings. The van der Waals surface area contributed by atoms with Crippen LogP contribution < -0.4 is 5.32 Å². The van der Waals surface area contributed by atoms with Gasteiger partial charge in [-0.05, 0) is 30.7 Å². The van der Waals surface area contributed by atoms with Gasteiger partial charge in [-0.2, -0.15) is 13.2 Å². The molecular formula is C11H12F3NO. The molecule has 2 N–H and O–H groups in total. The van der Waals surface area contributed by atoms with Gasteiger partial charge in [0, 0.05) is 12.5 Å². The summed E-state index contributed by atoms with van der Waals surface area (Å²) in [5.41, 5.74) is -0.210. The largest absolute Gasteiger partial charge is 0.508 e. The minimum absolute atomic E-state index is 0.113. The van der Waals surface area contributed by atoms with Crippen molar-refractivity contribution < 1.29 is 18.3 Å². The molecule has 1 aliphatic rings. The molecule has 2 nitrogen and oxygen atoms in total. The normalized spacial score (nSPS) is 21.3. The highest BCUT2D eigenvalue weighted by molar-refractivity contribution is 5.40. The Morgan fingerprint density at radius 3 is 2.56 bits per heavy atom. The molecule has 0 spiro atoms. The Hall–Kier alpha value is -1.23. The van der Waals surface area contributed by atoms with Crippen LogP contribution in [0, 0.1) is 0 Å². The molecule has 0 radical (unpaired) electrons. The number of benzene rings is 1. The number of phenolic OH excluding ortho intramolecular Hbond substituents is 1. The van der Waals surface area contributed by atoms with Crippen molar-refractivity contribution in [1.82, 2.24) is 5.32 Å². The number of hydrogen-bond donors (Lipinski definition) is 2. The molecule has 1 unspecified atom stereocenters. The van der Waals surface area contributed by atoms with Crippen molar-refractivity contribution in [3.05, 3.63) is 29.3 Å². The van der Waals surface area contributed by atoms with Crippen LogP contribution in [0.4, 0.5) is 13.2 Å². The Kier molecular flexibility index (Phi) is 2.80. The summed E-state index contributed by atoms with van der Waals surface area (Å²) in [6, 6.07) is 3.19. The fraction of sp³-hybridized carbons (Fsp3) is 0.455. The van der Waals surface area contributed by atoms with E-state index in [-0.39, 0.29) is 11.7 Å². The third-order valence-electron chi connectivity index (χ3n) is 2.86. The molecule has 0 saturated carbocycles. The van der Waals surface area contributed by atoms with Gasteiger partial charge in [-0.15, -0.1) is 0 Å². The second kappa shape index (κ2) is 3.97. The molecule has 0 bridgehead atoms. The zero-order chi connectivity index (χ0) is 11.8. The molecule has 0 aromatic heterocycles. The quantitative estimate of drug-likeness (QED) is 0.778. The third-order valence-corrected chi connectivity index (χ3v) is 2.86. The maximum atomic E-state index is 12.4. The van der Waals surface area contributed by atoms with E-state index >= 15 is 0 Å². The monoisotopic (exact) mass is 231 g/mol. The number of nitrogens with one attached hydrogen (secondary N) is 1. The van der Waals surface area contributed by atoms with Crippen LogP contribution in [-0.4, -0.2) is 18.2 Å². The summed E-state index contributed by atoms with van der Waals surface area (Å²) >= 11 is 0. The van der Waals surface area contributed by atoms with Crippen molar-refractivity contribution in [1.29, 1.82) is 0 Å². The minimum Gasteiger partial charge on any atom is -0.508 e. The van der Waals surface area contributed by atoms with E-state index in [4.69, 9.17) is 0 Å². The summed E-state index contributed by atoms with van der Waals surface area (Å²) in [5.74, 6) is -0.147. The van der Waals surface area contributed by atoms with E-state index in [1.54, 1.807) is 0 Å². The van der Waals surface area contributed by atoms with Crippen molar-refractivity contribution in [2.45, 2.75) is 18.5 Å². The summed E-state index contributed by atoms with van der Waals surface area (Å²) < 4.78 is 37.1. The van der Waals surface area contributed by atoms with E-state index in [1.165, 1.54) is 6.07 Å². The Morgan fingerprint density at radius 1 is 1.31 bits per heavy atom. The molecule has 1 aliphatic heterocycles. The molecule has 0 amide bonds. The lowest BCUT2D eigenvalue weighted by Crippen LogP contribution is -2.09. The molecule has 88 valence electrons. The van der Waals surface area contributed by atoms with Crippen molar-refractivity contribution >= 4 is 0 Å². The van der Waals surface area contributed by atoms with E-state index in [0.29, 0.717) is 12.1 Å². The van der Waals surface area contributed by atoms with E-state index in [1.807, 2.05) is 0 Å². The first-order valence-electron chi connectivity index (χ1n) is 5.09. The van der Waals surface area contributed by atoms with Crippen molar-refractivity contribution in [2.75, 3.05) is 13.1 Å². The van der Waals surface area contributed by atoms with Gasteiger partial charge < -0.3 is 10.4 Å². The van der Waals surface area contributed by atoms with E-state index < -0.39 is 11.7 Å². The van der Waals surface area contributed by atoms with Gasteiger partial charge in [0.15, 0.2) is 0 Å². The highest BCUT2D eigenvalue weighted by Crippen LogP contribution is 2.36. The van der Waals surface area contributed by atoms with Crippen LogP contribution in [0.5, 0.6) is 5.75 Å². The number of phenols is 1. The van der Waals surface area contributed by atoms with Crippen molar-refractivity contribution in [3.8, 4) is 5.75 Å². The van der Waals surface area contributed by atoms with Gasteiger partial charge in [0.1, 0.15) is 5.75 Å². The van der Waals surface area contributed by atoms with Gasteiger partial charge in [-0.3, -0.25) is 0 Å². The molecule has 1 saturated heterocycles. The van der Waals surface area contributed by atoms with Crippen LogP contribution in [-0.2, 0) is 6.18 Å². The molecule has 2 rings (SSSR count). The zero-order valence-corrected chi connectivity index (χ0v) is 8.51. The van der Waals surface area contributed by atoms with Crippen LogP contribution in [0.2, 0.25) is 0 Å². The topological polar surface area (TPSA) is 32.3 Å². The summed E-state index contributed by atoms with van der Waals surface area (Å²) in [7, 11) is 0. The maximum absolute atomic E-state index is 12.4. The maximum Gasteiger partial charge on any atom is 0.416 e. The van der Waals surface area contributed by atoms with Gasteiger partial charge in [-0.1, -0.05) is 6.07 Å². The second-order valence-electron chi connectivity index (χ2n) is 3.96.